The van der Waals surface area contributed by atoms with Crippen LogP contribution in [-0.2, 0) is 10.2 Å². The van der Waals surface area contributed by atoms with Gasteiger partial charge in [0.25, 0.3) is 0 Å². The summed E-state index contributed by atoms with van der Waals surface area (Å²) in [7, 11) is 0. The quantitative estimate of drug-likeness (QED) is 0.860. The molecule has 0 aromatic heterocycles. The van der Waals surface area contributed by atoms with Gasteiger partial charge in [0, 0.05) is 0 Å². The predicted molar refractivity (Wildman–Crippen MR) is 70.5 cm³/mol. The van der Waals surface area contributed by atoms with Crippen LogP contribution in [0.15, 0.2) is 30.3 Å². The molecule has 2 aliphatic rings. The third kappa shape index (κ3) is 1.66. The summed E-state index contributed by atoms with van der Waals surface area (Å²) >= 11 is 0. The van der Waals surface area contributed by atoms with E-state index >= 15 is 0 Å². The summed E-state index contributed by atoms with van der Waals surface area (Å²) < 4.78 is 0. The summed E-state index contributed by atoms with van der Waals surface area (Å²) in [5.41, 5.74) is 0.735. The van der Waals surface area contributed by atoms with Crippen LogP contribution in [0.5, 0.6) is 0 Å². The molecule has 0 bridgehead atoms. The van der Waals surface area contributed by atoms with Gasteiger partial charge in [-0.05, 0) is 36.7 Å². The van der Waals surface area contributed by atoms with Gasteiger partial charge in [-0.15, -0.1) is 0 Å². The van der Waals surface area contributed by atoms with Gasteiger partial charge < -0.3 is 5.11 Å². The number of rotatable bonds is 2. The van der Waals surface area contributed by atoms with E-state index in [4.69, 9.17) is 0 Å². The Labute approximate surface area is 108 Å². The molecule has 0 radical (unpaired) electrons. The fourth-order valence-corrected chi connectivity index (χ4v) is 4.12. The smallest absolute Gasteiger partial charge is 0.314 e. The molecule has 1 aromatic rings. The van der Waals surface area contributed by atoms with Crippen LogP contribution in [0, 0.1) is 5.41 Å². The molecule has 18 heavy (non-hydrogen) atoms. The SMILES string of the molecule is O=C(O)C1(c2ccccc2)CC2(CCCCC2)C1. The second-order valence-electron chi connectivity index (χ2n) is 6.17. The van der Waals surface area contributed by atoms with Gasteiger partial charge in [-0.25, -0.2) is 0 Å². The highest BCUT2D eigenvalue weighted by molar-refractivity contribution is 5.83. The van der Waals surface area contributed by atoms with Gasteiger partial charge in [0.05, 0.1) is 5.41 Å². The van der Waals surface area contributed by atoms with E-state index in [0.717, 1.165) is 18.4 Å². The molecule has 1 aromatic carbocycles. The second-order valence-corrected chi connectivity index (χ2v) is 6.17. The van der Waals surface area contributed by atoms with Crippen molar-refractivity contribution in [2.24, 2.45) is 5.41 Å². The molecule has 1 N–H and O–H groups in total. The first kappa shape index (κ1) is 11.8. The Morgan fingerprint density at radius 2 is 1.61 bits per heavy atom. The topological polar surface area (TPSA) is 37.3 Å². The Kier molecular flexibility index (Phi) is 2.69. The largest absolute Gasteiger partial charge is 0.481 e. The van der Waals surface area contributed by atoms with Crippen molar-refractivity contribution in [3.05, 3.63) is 35.9 Å². The number of benzene rings is 1. The van der Waals surface area contributed by atoms with Gasteiger partial charge in [0.1, 0.15) is 0 Å². The molecule has 0 amide bonds. The van der Waals surface area contributed by atoms with E-state index < -0.39 is 11.4 Å². The molecule has 0 heterocycles. The lowest BCUT2D eigenvalue weighted by atomic mass is 9.46. The standard InChI is InChI=1S/C16H20O2/c17-14(18)16(13-7-3-1-4-8-13)11-15(12-16)9-5-2-6-10-15/h1,3-4,7-8H,2,5-6,9-12H2,(H,17,18). The van der Waals surface area contributed by atoms with Crippen LogP contribution in [0.3, 0.4) is 0 Å². The van der Waals surface area contributed by atoms with Crippen LogP contribution in [0.4, 0.5) is 0 Å². The van der Waals surface area contributed by atoms with Crippen LogP contribution in [0.1, 0.15) is 50.5 Å². The average molecular weight is 244 g/mol. The molecule has 2 fully saturated rings. The summed E-state index contributed by atoms with van der Waals surface area (Å²) in [6.45, 7) is 0. The molecule has 0 unspecified atom stereocenters. The third-order valence-corrected chi connectivity index (χ3v) is 5.00. The van der Waals surface area contributed by atoms with Crippen molar-refractivity contribution < 1.29 is 9.90 Å². The zero-order valence-electron chi connectivity index (χ0n) is 10.7. The van der Waals surface area contributed by atoms with Crippen LogP contribution < -0.4 is 0 Å². The van der Waals surface area contributed by atoms with Crippen LogP contribution in [0.25, 0.3) is 0 Å². The number of hydrogen-bond donors (Lipinski definition) is 1. The van der Waals surface area contributed by atoms with Crippen molar-refractivity contribution in [3.8, 4) is 0 Å². The lowest BCUT2D eigenvalue weighted by Gasteiger charge is -2.56. The molecule has 0 saturated heterocycles. The highest BCUT2D eigenvalue weighted by Crippen LogP contribution is 2.61. The average Bonchev–Trinajstić information content (AvgIpc) is 2.37. The van der Waals surface area contributed by atoms with Crippen molar-refractivity contribution in [2.75, 3.05) is 0 Å². The molecule has 0 aliphatic heterocycles. The van der Waals surface area contributed by atoms with E-state index in [1.807, 2.05) is 30.3 Å². The van der Waals surface area contributed by atoms with Crippen molar-refractivity contribution in [1.82, 2.24) is 0 Å². The normalized spacial score (nSPS) is 24.4. The van der Waals surface area contributed by atoms with Gasteiger partial charge >= 0.3 is 5.97 Å². The van der Waals surface area contributed by atoms with Crippen molar-refractivity contribution in [3.63, 3.8) is 0 Å². The first-order valence-electron chi connectivity index (χ1n) is 6.96. The molecule has 2 saturated carbocycles. The zero-order chi connectivity index (χ0) is 12.6. The Morgan fingerprint density at radius 3 is 2.17 bits per heavy atom. The maximum absolute atomic E-state index is 11.7. The van der Waals surface area contributed by atoms with E-state index in [0.29, 0.717) is 5.41 Å². The fourth-order valence-electron chi connectivity index (χ4n) is 4.12. The Balaban J connectivity index is 1.87. The summed E-state index contributed by atoms with van der Waals surface area (Å²) in [5, 5.41) is 9.65. The summed E-state index contributed by atoms with van der Waals surface area (Å²) in [5.74, 6) is -0.634. The molecule has 2 aliphatic carbocycles. The highest BCUT2D eigenvalue weighted by Gasteiger charge is 2.59. The van der Waals surface area contributed by atoms with E-state index in [1.54, 1.807) is 0 Å². The Hall–Kier alpha value is -1.31. The number of carboxylic acids is 1. The molecule has 96 valence electrons. The second kappa shape index (κ2) is 4.11. The van der Waals surface area contributed by atoms with Gasteiger partial charge in [0.2, 0.25) is 0 Å². The van der Waals surface area contributed by atoms with Crippen LogP contribution >= 0.6 is 0 Å². The lowest BCUT2D eigenvalue weighted by molar-refractivity contribution is -0.156. The minimum atomic E-state index is -0.634. The highest BCUT2D eigenvalue weighted by atomic mass is 16.4. The molecule has 2 heteroatoms. The first-order chi connectivity index (χ1) is 8.67. The fraction of sp³-hybridized carbons (Fsp3) is 0.562. The minimum Gasteiger partial charge on any atom is -0.481 e. The van der Waals surface area contributed by atoms with Crippen molar-refractivity contribution in [1.29, 1.82) is 0 Å². The molecular weight excluding hydrogens is 224 g/mol. The van der Waals surface area contributed by atoms with E-state index in [-0.39, 0.29) is 0 Å². The number of carbonyl (C=O) groups is 1. The van der Waals surface area contributed by atoms with Gasteiger partial charge in [-0.1, -0.05) is 49.6 Å². The summed E-state index contributed by atoms with van der Waals surface area (Å²) in [6.07, 6.45) is 8.05. The van der Waals surface area contributed by atoms with Gasteiger partial charge in [-0.2, -0.15) is 0 Å². The number of aliphatic carboxylic acids is 1. The maximum Gasteiger partial charge on any atom is 0.314 e. The third-order valence-electron chi connectivity index (χ3n) is 5.00. The molecule has 2 nitrogen and oxygen atoms in total. The van der Waals surface area contributed by atoms with Crippen LogP contribution in [0.2, 0.25) is 0 Å². The minimum absolute atomic E-state index is 0.340. The molecule has 1 spiro atoms. The lowest BCUT2D eigenvalue weighted by Crippen LogP contribution is -2.55. The monoisotopic (exact) mass is 244 g/mol. The Bertz CT molecular complexity index is 435. The van der Waals surface area contributed by atoms with Crippen molar-refractivity contribution >= 4 is 5.97 Å². The number of hydrogen-bond acceptors (Lipinski definition) is 1. The summed E-state index contributed by atoms with van der Waals surface area (Å²) in [6, 6.07) is 9.81. The first-order valence-corrected chi connectivity index (χ1v) is 6.96. The molecular formula is C16H20O2. The van der Waals surface area contributed by atoms with Crippen LogP contribution in [-0.4, -0.2) is 11.1 Å². The van der Waals surface area contributed by atoms with Gasteiger partial charge in [-0.3, -0.25) is 4.79 Å². The molecule has 3 rings (SSSR count). The van der Waals surface area contributed by atoms with Gasteiger partial charge in [0.15, 0.2) is 0 Å². The van der Waals surface area contributed by atoms with E-state index in [9.17, 15) is 9.90 Å². The summed E-state index contributed by atoms with van der Waals surface area (Å²) in [4.78, 5) is 11.7. The van der Waals surface area contributed by atoms with E-state index in [2.05, 4.69) is 0 Å². The number of carboxylic acid groups (broad SMARTS) is 1. The Morgan fingerprint density at radius 1 is 1.00 bits per heavy atom. The maximum atomic E-state index is 11.7. The van der Waals surface area contributed by atoms with E-state index in [1.165, 1.54) is 32.1 Å². The van der Waals surface area contributed by atoms with Crippen molar-refractivity contribution in [2.45, 2.75) is 50.4 Å². The predicted octanol–water partition coefficient (Wildman–Crippen LogP) is 3.75. The molecule has 0 atom stereocenters. The zero-order valence-corrected chi connectivity index (χ0v) is 10.7.